The van der Waals surface area contributed by atoms with E-state index in [9.17, 15) is 4.79 Å². The maximum atomic E-state index is 12.6. The summed E-state index contributed by atoms with van der Waals surface area (Å²) in [6.45, 7) is 1.48. The average molecular weight is 270 g/mol. The van der Waals surface area contributed by atoms with E-state index in [0.29, 0.717) is 18.2 Å². The van der Waals surface area contributed by atoms with E-state index in [4.69, 9.17) is 5.73 Å². The molecule has 1 saturated carbocycles. The fourth-order valence-corrected chi connectivity index (χ4v) is 3.75. The van der Waals surface area contributed by atoms with Crippen LogP contribution in [-0.4, -0.2) is 39.4 Å². The van der Waals surface area contributed by atoms with Crippen LogP contribution < -0.4 is 5.73 Å². The lowest BCUT2D eigenvalue weighted by Crippen LogP contribution is -2.44. The van der Waals surface area contributed by atoms with E-state index >= 15 is 0 Å². The van der Waals surface area contributed by atoms with E-state index in [1.54, 1.807) is 12.4 Å². The van der Waals surface area contributed by atoms with Crippen molar-refractivity contribution in [2.24, 2.45) is 11.7 Å². The number of H-pyrrole nitrogens is 1. The lowest BCUT2D eigenvalue weighted by atomic mass is 9.92. The summed E-state index contributed by atoms with van der Waals surface area (Å²) >= 11 is 0. The van der Waals surface area contributed by atoms with Crippen molar-refractivity contribution in [3.63, 3.8) is 0 Å². The summed E-state index contributed by atoms with van der Waals surface area (Å²) in [5.74, 6) is 0.526. The lowest BCUT2D eigenvalue weighted by Gasteiger charge is -2.22. The Hall–Kier alpha value is -1.88. The number of pyridine rings is 1. The molecule has 5 nitrogen and oxygen atoms in total. The Morgan fingerprint density at radius 3 is 3.25 bits per heavy atom. The lowest BCUT2D eigenvalue weighted by molar-refractivity contribution is 0.0773. The number of nitrogens with zero attached hydrogens (tertiary/aromatic N) is 2. The van der Waals surface area contributed by atoms with Gasteiger partial charge in [0.1, 0.15) is 5.69 Å². The van der Waals surface area contributed by atoms with Gasteiger partial charge in [-0.1, -0.05) is 6.42 Å². The number of hydrogen-bond acceptors (Lipinski definition) is 3. The molecule has 1 aliphatic carbocycles. The molecule has 1 aliphatic heterocycles. The Bertz CT molecular complexity index is 646. The predicted molar refractivity (Wildman–Crippen MR) is 76.3 cm³/mol. The van der Waals surface area contributed by atoms with Gasteiger partial charge in [-0.15, -0.1) is 0 Å². The van der Waals surface area contributed by atoms with E-state index in [1.165, 1.54) is 6.42 Å². The summed E-state index contributed by atoms with van der Waals surface area (Å²) in [5.41, 5.74) is 7.87. The normalized spacial score (nSPS) is 29.1. The van der Waals surface area contributed by atoms with Gasteiger partial charge in [-0.05, 0) is 30.9 Å². The van der Waals surface area contributed by atoms with Crippen LogP contribution in [0.1, 0.15) is 29.8 Å². The van der Waals surface area contributed by atoms with Gasteiger partial charge in [0.2, 0.25) is 0 Å². The second-order valence-corrected chi connectivity index (χ2v) is 6.15. The molecule has 2 fully saturated rings. The van der Waals surface area contributed by atoms with Crippen LogP contribution in [0.2, 0.25) is 0 Å². The van der Waals surface area contributed by atoms with Crippen LogP contribution in [0.4, 0.5) is 0 Å². The number of rotatable bonds is 1. The number of aromatic amines is 1. The number of likely N-dealkylation sites (tertiary alicyclic amines) is 1. The highest BCUT2D eigenvalue weighted by atomic mass is 16.2. The number of amides is 1. The minimum Gasteiger partial charge on any atom is -0.350 e. The molecule has 4 rings (SSSR count). The molecular weight excluding hydrogens is 252 g/mol. The molecule has 0 aromatic carbocycles. The standard InChI is InChI=1S/C15H18N4O/c16-15-4-1-2-11(15)8-19(9-15)14(20)13-6-10-7-17-5-3-12(10)18-13/h3,5-7,11,18H,1-2,4,8-9,16H2. The minimum atomic E-state index is -0.150. The molecule has 2 aromatic heterocycles. The van der Waals surface area contributed by atoms with E-state index in [-0.39, 0.29) is 11.4 Å². The summed E-state index contributed by atoms with van der Waals surface area (Å²) in [7, 11) is 0. The SMILES string of the molecule is NC12CCCC1CN(C(=O)c1cc3cnccc3[nH]1)C2. The molecule has 0 bridgehead atoms. The van der Waals surface area contributed by atoms with Crippen molar-refractivity contribution in [3.05, 3.63) is 30.2 Å². The first-order chi connectivity index (χ1) is 9.66. The number of nitrogens with two attached hydrogens (primary N) is 1. The van der Waals surface area contributed by atoms with E-state index in [1.807, 2.05) is 17.0 Å². The third kappa shape index (κ3) is 1.66. The van der Waals surface area contributed by atoms with Crippen LogP contribution in [0.15, 0.2) is 24.5 Å². The zero-order valence-corrected chi connectivity index (χ0v) is 11.3. The highest BCUT2D eigenvalue weighted by Gasteiger charge is 2.48. The number of nitrogens with one attached hydrogen (secondary N) is 1. The third-order valence-electron chi connectivity index (χ3n) is 4.87. The Labute approximate surface area is 117 Å². The molecule has 3 heterocycles. The molecule has 2 aromatic rings. The molecule has 104 valence electrons. The summed E-state index contributed by atoms with van der Waals surface area (Å²) in [6.07, 6.45) is 6.88. The van der Waals surface area contributed by atoms with Gasteiger partial charge in [-0.3, -0.25) is 9.78 Å². The van der Waals surface area contributed by atoms with Gasteiger partial charge in [0.05, 0.1) is 0 Å². The largest absolute Gasteiger partial charge is 0.350 e. The number of fused-ring (bicyclic) bond motifs is 2. The van der Waals surface area contributed by atoms with E-state index in [0.717, 1.165) is 30.3 Å². The maximum Gasteiger partial charge on any atom is 0.270 e. The number of aromatic nitrogens is 2. The fourth-order valence-electron chi connectivity index (χ4n) is 3.75. The molecule has 5 heteroatoms. The number of hydrogen-bond donors (Lipinski definition) is 2. The first-order valence-electron chi connectivity index (χ1n) is 7.17. The Morgan fingerprint density at radius 1 is 1.55 bits per heavy atom. The highest BCUT2D eigenvalue weighted by molar-refractivity contribution is 5.98. The van der Waals surface area contributed by atoms with Crippen molar-refractivity contribution in [3.8, 4) is 0 Å². The topological polar surface area (TPSA) is 75.0 Å². The van der Waals surface area contributed by atoms with Gasteiger partial charge in [0.25, 0.3) is 5.91 Å². The average Bonchev–Trinajstić information content (AvgIpc) is 3.07. The van der Waals surface area contributed by atoms with Crippen molar-refractivity contribution in [1.29, 1.82) is 0 Å². The summed E-state index contributed by atoms with van der Waals surface area (Å²) in [6, 6.07) is 3.76. The van der Waals surface area contributed by atoms with Gasteiger partial charge in [-0.25, -0.2) is 0 Å². The summed E-state index contributed by atoms with van der Waals surface area (Å²) in [5, 5.41) is 0.970. The zero-order valence-electron chi connectivity index (χ0n) is 11.3. The van der Waals surface area contributed by atoms with Gasteiger partial charge < -0.3 is 15.6 Å². The van der Waals surface area contributed by atoms with Crippen molar-refractivity contribution in [2.45, 2.75) is 24.8 Å². The zero-order chi connectivity index (χ0) is 13.7. The van der Waals surface area contributed by atoms with Crippen molar-refractivity contribution < 1.29 is 4.79 Å². The monoisotopic (exact) mass is 270 g/mol. The number of carbonyl (C=O) groups excluding carboxylic acids is 1. The van der Waals surface area contributed by atoms with Crippen molar-refractivity contribution in [1.82, 2.24) is 14.9 Å². The second-order valence-electron chi connectivity index (χ2n) is 6.15. The quantitative estimate of drug-likeness (QED) is 0.825. The minimum absolute atomic E-state index is 0.0559. The Balaban J connectivity index is 1.61. The molecular formula is C15H18N4O. The molecule has 2 aliphatic rings. The van der Waals surface area contributed by atoms with Gasteiger partial charge in [0, 0.05) is 41.9 Å². The van der Waals surface area contributed by atoms with E-state index < -0.39 is 0 Å². The predicted octanol–water partition coefficient (Wildman–Crippen LogP) is 1.52. The van der Waals surface area contributed by atoms with Crippen LogP contribution in [0.5, 0.6) is 0 Å². The first kappa shape index (κ1) is 11.9. The Kier molecular flexibility index (Phi) is 2.41. The maximum absolute atomic E-state index is 12.6. The van der Waals surface area contributed by atoms with Crippen LogP contribution in [0.3, 0.4) is 0 Å². The second kappa shape index (κ2) is 4.06. The van der Waals surface area contributed by atoms with Crippen molar-refractivity contribution >= 4 is 16.8 Å². The fraction of sp³-hybridized carbons (Fsp3) is 0.467. The number of carbonyl (C=O) groups is 1. The van der Waals surface area contributed by atoms with Crippen molar-refractivity contribution in [2.75, 3.05) is 13.1 Å². The molecule has 20 heavy (non-hydrogen) atoms. The van der Waals surface area contributed by atoms with Crippen LogP contribution in [-0.2, 0) is 0 Å². The molecule has 2 atom stereocenters. The molecule has 0 spiro atoms. The first-order valence-corrected chi connectivity index (χ1v) is 7.17. The Morgan fingerprint density at radius 2 is 2.45 bits per heavy atom. The summed E-state index contributed by atoms with van der Waals surface area (Å²) in [4.78, 5) is 21.8. The molecule has 1 saturated heterocycles. The third-order valence-corrected chi connectivity index (χ3v) is 4.87. The summed E-state index contributed by atoms with van der Waals surface area (Å²) < 4.78 is 0. The van der Waals surface area contributed by atoms with Crippen LogP contribution in [0.25, 0.3) is 10.9 Å². The van der Waals surface area contributed by atoms with Crippen LogP contribution >= 0.6 is 0 Å². The molecule has 2 unspecified atom stereocenters. The van der Waals surface area contributed by atoms with Gasteiger partial charge in [0.15, 0.2) is 0 Å². The highest BCUT2D eigenvalue weighted by Crippen LogP contribution is 2.40. The van der Waals surface area contributed by atoms with Gasteiger partial charge >= 0.3 is 0 Å². The molecule has 3 N–H and O–H groups in total. The van der Waals surface area contributed by atoms with Gasteiger partial charge in [-0.2, -0.15) is 0 Å². The van der Waals surface area contributed by atoms with Crippen LogP contribution in [0, 0.1) is 5.92 Å². The smallest absolute Gasteiger partial charge is 0.270 e. The molecule has 1 amide bonds. The molecule has 0 radical (unpaired) electrons. The van der Waals surface area contributed by atoms with E-state index in [2.05, 4.69) is 9.97 Å².